The minimum atomic E-state index is -0.296. The molecule has 132 valence electrons. The normalized spacial score (nSPS) is 12.6. The van der Waals surface area contributed by atoms with Crippen molar-refractivity contribution in [2.24, 2.45) is 0 Å². The summed E-state index contributed by atoms with van der Waals surface area (Å²) in [4.78, 5) is 14.1. The van der Waals surface area contributed by atoms with E-state index in [0.29, 0.717) is 41.5 Å². The Morgan fingerprint density at radius 1 is 1.16 bits per heavy atom. The lowest BCUT2D eigenvalue weighted by molar-refractivity contribution is 0.0949. The van der Waals surface area contributed by atoms with Gasteiger partial charge in [-0.1, -0.05) is 6.07 Å². The van der Waals surface area contributed by atoms with Crippen molar-refractivity contribution in [1.29, 1.82) is 0 Å². The predicted molar refractivity (Wildman–Crippen MR) is 93.9 cm³/mol. The average Bonchev–Trinajstić information content (AvgIpc) is 2.65. The first-order valence-corrected chi connectivity index (χ1v) is 8.26. The van der Waals surface area contributed by atoms with Gasteiger partial charge in [-0.2, -0.15) is 0 Å². The van der Waals surface area contributed by atoms with Crippen LogP contribution in [0.3, 0.4) is 0 Å². The van der Waals surface area contributed by atoms with Gasteiger partial charge in [0, 0.05) is 25.7 Å². The van der Waals surface area contributed by atoms with Gasteiger partial charge in [0.2, 0.25) is 0 Å². The van der Waals surface area contributed by atoms with Crippen molar-refractivity contribution in [3.63, 3.8) is 0 Å². The van der Waals surface area contributed by atoms with Gasteiger partial charge in [0.25, 0.3) is 5.91 Å². The molecule has 0 bridgehead atoms. The van der Waals surface area contributed by atoms with Crippen LogP contribution < -0.4 is 19.7 Å². The monoisotopic (exact) mass is 344 g/mol. The molecule has 2 aromatic rings. The molecule has 1 aliphatic rings. The molecular formula is C19H21FN2O3. The van der Waals surface area contributed by atoms with Crippen molar-refractivity contribution in [3.8, 4) is 11.5 Å². The largest absolute Gasteiger partial charge is 0.486 e. The summed E-state index contributed by atoms with van der Waals surface area (Å²) in [5.41, 5.74) is 1.73. The Balaban J connectivity index is 1.65. The number of ether oxygens (including phenoxy) is 2. The van der Waals surface area contributed by atoms with Crippen LogP contribution >= 0.6 is 0 Å². The van der Waals surface area contributed by atoms with E-state index in [0.717, 1.165) is 6.54 Å². The van der Waals surface area contributed by atoms with E-state index in [1.54, 1.807) is 24.3 Å². The van der Waals surface area contributed by atoms with Gasteiger partial charge in [0.05, 0.1) is 5.69 Å². The lowest BCUT2D eigenvalue weighted by Crippen LogP contribution is -2.24. The van der Waals surface area contributed by atoms with Gasteiger partial charge >= 0.3 is 0 Å². The van der Waals surface area contributed by atoms with E-state index in [9.17, 15) is 9.18 Å². The number of benzene rings is 2. The zero-order valence-electron chi connectivity index (χ0n) is 14.3. The summed E-state index contributed by atoms with van der Waals surface area (Å²) in [5.74, 6) is 0.667. The number of hydrogen-bond donors (Lipinski definition) is 1. The number of nitrogens with one attached hydrogen (secondary N) is 1. The Hall–Kier alpha value is -2.76. The number of nitrogens with zero attached hydrogens (tertiary/aromatic N) is 1. The zero-order chi connectivity index (χ0) is 17.8. The average molecular weight is 344 g/mol. The first kappa shape index (κ1) is 17.1. The predicted octanol–water partition coefficient (Wildman–Crippen LogP) is 2.98. The first-order valence-electron chi connectivity index (χ1n) is 8.26. The molecule has 0 unspecified atom stereocenters. The van der Waals surface area contributed by atoms with E-state index in [4.69, 9.17) is 9.47 Å². The van der Waals surface area contributed by atoms with Crippen LogP contribution in [-0.2, 0) is 6.54 Å². The Morgan fingerprint density at radius 3 is 2.64 bits per heavy atom. The summed E-state index contributed by atoms with van der Waals surface area (Å²) in [6, 6.07) is 10.1. The molecule has 5 nitrogen and oxygen atoms in total. The molecule has 6 heteroatoms. The minimum Gasteiger partial charge on any atom is -0.486 e. The maximum Gasteiger partial charge on any atom is 0.251 e. The third-order valence-electron chi connectivity index (χ3n) is 4.16. The molecule has 0 saturated carbocycles. The summed E-state index contributed by atoms with van der Waals surface area (Å²) in [7, 11) is 1.84. The summed E-state index contributed by atoms with van der Waals surface area (Å²) in [6.45, 7) is 3.90. The lowest BCUT2D eigenvalue weighted by Gasteiger charge is -2.19. The molecule has 0 aliphatic carbocycles. The number of halogens is 1. The number of amides is 1. The highest BCUT2D eigenvalue weighted by Gasteiger charge is 2.15. The van der Waals surface area contributed by atoms with Crippen LogP contribution in [0.5, 0.6) is 11.5 Å². The number of carbonyl (C=O) groups excluding carboxylic acids is 1. The Morgan fingerprint density at radius 2 is 1.92 bits per heavy atom. The van der Waals surface area contributed by atoms with E-state index in [2.05, 4.69) is 5.32 Å². The second-order valence-electron chi connectivity index (χ2n) is 5.84. The summed E-state index contributed by atoms with van der Waals surface area (Å²) in [5, 5.41) is 2.80. The molecular weight excluding hydrogens is 323 g/mol. The fourth-order valence-corrected chi connectivity index (χ4v) is 2.61. The molecule has 0 saturated heterocycles. The van der Waals surface area contributed by atoms with Gasteiger partial charge in [0.1, 0.15) is 19.0 Å². The zero-order valence-corrected chi connectivity index (χ0v) is 14.3. The Kier molecular flexibility index (Phi) is 5.07. The van der Waals surface area contributed by atoms with Crippen molar-refractivity contribution >= 4 is 11.6 Å². The molecule has 3 rings (SSSR count). The molecule has 1 aliphatic heterocycles. The standard InChI is InChI=1S/C19H21FN2O3/c1-3-22(2)16-6-4-13(10-15(16)20)12-21-19(23)14-5-7-17-18(11-14)25-9-8-24-17/h4-7,10-11H,3,8-9,12H2,1-2H3,(H,21,23). The highest BCUT2D eigenvalue weighted by molar-refractivity contribution is 5.94. The van der Waals surface area contributed by atoms with Crippen molar-refractivity contribution in [1.82, 2.24) is 5.32 Å². The SMILES string of the molecule is CCN(C)c1ccc(CNC(=O)c2ccc3c(c2)OCCO3)cc1F. The fraction of sp³-hybridized carbons (Fsp3) is 0.316. The molecule has 1 N–H and O–H groups in total. The molecule has 2 aromatic carbocycles. The molecule has 1 amide bonds. The lowest BCUT2D eigenvalue weighted by atomic mass is 10.1. The molecule has 0 radical (unpaired) electrons. The van der Waals surface area contributed by atoms with Crippen LogP contribution in [0.15, 0.2) is 36.4 Å². The summed E-state index contributed by atoms with van der Waals surface area (Å²) >= 11 is 0. The van der Waals surface area contributed by atoms with Gasteiger partial charge < -0.3 is 19.7 Å². The number of hydrogen-bond acceptors (Lipinski definition) is 4. The van der Waals surface area contributed by atoms with E-state index >= 15 is 0 Å². The van der Waals surface area contributed by atoms with Crippen LogP contribution in [0, 0.1) is 5.82 Å². The summed E-state index contributed by atoms with van der Waals surface area (Å²) < 4.78 is 25.1. The van der Waals surface area contributed by atoms with Crippen LogP contribution in [-0.4, -0.2) is 32.7 Å². The Bertz CT molecular complexity index is 779. The fourth-order valence-electron chi connectivity index (χ4n) is 2.61. The van der Waals surface area contributed by atoms with E-state index in [-0.39, 0.29) is 18.3 Å². The molecule has 0 aromatic heterocycles. The number of fused-ring (bicyclic) bond motifs is 1. The van der Waals surface area contributed by atoms with Crippen LogP contribution in [0.25, 0.3) is 0 Å². The third kappa shape index (κ3) is 3.84. The maximum atomic E-state index is 14.1. The van der Waals surface area contributed by atoms with E-state index in [1.165, 1.54) is 6.07 Å². The molecule has 25 heavy (non-hydrogen) atoms. The first-order chi connectivity index (χ1) is 12.1. The molecule has 1 heterocycles. The molecule has 0 fully saturated rings. The van der Waals surface area contributed by atoms with Crippen molar-refractivity contribution < 1.29 is 18.7 Å². The third-order valence-corrected chi connectivity index (χ3v) is 4.16. The minimum absolute atomic E-state index is 0.243. The van der Waals surface area contributed by atoms with E-state index < -0.39 is 0 Å². The second-order valence-corrected chi connectivity index (χ2v) is 5.84. The highest BCUT2D eigenvalue weighted by atomic mass is 19.1. The van der Waals surface area contributed by atoms with E-state index in [1.807, 2.05) is 24.9 Å². The molecule has 0 spiro atoms. The van der Waals surface area contributed by atoms with Gasteiger partial charge in [0.15, 0.2) is 11.5 Å². The number of carbonyl (C=O) groups is 1. The highest BCUT2D eigenvalue weighted by Crippen LogP contribution is 2.30. The van der Waals surface area contributed by atoms with Crippen LogP contribution in [0.1, 0.15) is 22.8 Å². The second kappa shape index (κ2) is 7.42. The smallest absolute Gasteiger partial charge is 0.251 e. The van der Waals surface area contributed by atoms with Crippen LogP contribution in [0.2, 0.25) is 0 Å². The summed E-state index contributed by atoms with van der Waals surface area (Å²) in [6.07, 6.45) is 0. The van der Waals surface area contributed by atoms with Crippen molar-refractivity contribution in [2.75, 3.05) is 31.7 Å². The van der Waals surface area contributed by atoms with Crippen molar-refractivity contribution in [3.05, 3.63) is 53.3 Å². The number of rotatable bonds is 5. The Labute approximate surface area is 146 Å². The van der Waals surface area contributed by atoms with Gasteiger partial charge in [-0.3, -0.25) is 4.79 Å². The quantitative estimate of drug-likeness (QED) is 0.906. The van der Waals surface area contributed by atoms with Crippen LogP contribution in [0.4, 0.5) is 10.1 Å². The van der Waals surface area contributed by atoms with Gasteiger partial charge in [-0.25, -0.2) is 4.39 Å². The van der Waals surface area contributed by atoms with Gasteiger partial charge in [-0.05, 0) is 42.8 Å². The van der Waals surface area contributed by atoms with Gasteiger partial charge in [-0.15, -0.1) is 0 Å². The maximum absolute atomic E-state index is 14.1. The topological polar surface area (TPSA) is 50.8 Å². The van der Waals surface area contributed by atoms with Crippen molar-refractivity contribution in [2.45, 2.75) is 13.5 Å². The molecule has 0 atom stereocenters. The number of anilines is 1.